The van der Waals surface area contributed by atoms with Crippen LogP contribution < -0.4 is 27.0 Å². The average molecular weight is 1700 g/mol. The maximum Gasteiger partial charge on any atom is 0.262 e. The number of thiol groups is 1. The van der Waals surface area contributed by atoms with Crippen LogP contribution in [0.15, 0.2) is 69.3 Å². The second-order valence-corrected chi connectivity index (χ2v) is 36.7. The van der Waals surface area contributed by atoms with E-state index >= 15 is 0 Å². The molecule has 11 fully saturated rings. The number of alkyl halides is 3. The smallest absolute Gasteiger partial charge is 0.262 e. The zero-order valence-corrected chi connectivity index (χ0v) is 68.0. The molecule has 6 heterocycles. The Morgan fingerprint density at radius 1 is 0.396 bits per heavy atom. The van der Waals surface area contributed by atoms with E-state index in [4.69, 9.17) is 5.73 Å². The minimum Gasteiger partial charge on any atom is -0.325 e. The Morgan fingerprint density at radius 2 is 0.698 bits per heavy atom. The fourth-order valence-corrected chi connectivity index (χ4v) is 22.3. The third-order valence-corrected chi connectivity index (χ3v) is 27.4. The van der Waals surface area contributed by atoms with Gasteiger partial charge in [0.2, 0.25) is 35.4 Å². The minimum atomic E-state index is -0.927. The van der Waals surface area contributed by atoms with Crippen LogP contribution in [0.1, 0.15) is 274 Å². The molecule has 106 heavy (non-hydrogen) atoms. The first-order valence-electron chi connectivity index (χ1n) is 38.8. The van der Waals surface area contributed by atoms with Gasteiger partial charge in [0.25, 0.3) is 35.4 Å². The summed E-state index contributed by atoms with van der Waals surface area (Å²) in [6.45, 7) is 1.17. The molecule has 20 nitrogen and oxygen atoms in total. The van der Waals surface area contributed by atoms with E-state index in [1.54, 1.807) is 53.9 Å². The fraction of sp³-hybridized carbons (Fsp3) is 0.625. The molecule has 0 aromatic heterocycles. The Balaban J connectivity index is 0.000000144. The molecule has 17 rings (SSSR count). The molecule has 6 N–H and O–H groups in total. The normalized spacial score (nSPS) is 27.7. The van der Waals surface area contributed by atoms with Crippen LogP contribution in [0.4, 0.5) is 0 Å². The first kappa shape index (κ1) is 81.9. The lowest BCUT2D eigenvalue weighted by Crippen LogP contribution is -2.58. The molecule has 0 radical (unpaired) electrons. The Morgan fingerprint density at radius 3 is 1.04 bits per heavy atom. The van der Waals surface area contributed by atoms with Gasteiger partial charge in [-0.05, 0) is 243 Å². The number of thioether (sulfide) groups is 2. The molecule has 6 aliphatic heterocycles. The van der Waals surface area contributed by atoms with Crippen molar-refractivity contribution in [1.29, 1.82) is 0 Å². The second-order valence-electron chi connectivity index (χ2n) is 31.5. The standard InChI is InChI=1S/C30H39N3O4S.C20H23BrN2O4S.C13H10N2O4S.C10H17N.C7H14Br2/c34-26-9-8-25(27(35)32-26)33-28(36)23-7-6-22(15-24(23)29(33)37)38-11-5-3-1-2-4-10-31-30-16-19-12-20(17-30)14-21(13-19)18-30;21-10-4-2-1-3-5-11-28-13-6-7-14-15(12-13)20(27)23(19(14)26)16-8-9-17(24)22-18(16)25;16-10-4-3-9(11(17)14-10)15-12(18)7-2-1-6(20)5-8(7)13(15)19;11-10-4-7-1-8(5-10)3-9(2-7)6-10;8-6-4-2-1-3-5-7-9/h6-7,15,19-21,25,31H,1-5,8-14,16-18H2,(H,32,34,35);6-7,12,16H,1-5,8-11H2,(H,22,24,25);1-2,5,9,20H,3-4H2,(H,14,16,17);7-9H,1-6,11H2;1-7H2. The summed E-state index contributed by atoms with van der Waals surface area (Å²) in [7, 11) is 0. The number of unbranched alkanes of at least 4 members (excludes halogenated alkanes) is 12. The van der Waals surface area contributed by atoms with Crippen molar-refractivity contribution < 1.29 is 57.5 Å². The van der Waals surface area contributed by atoms with Crippen molar-refractivity contribution in [1.82, 2.24) is 36.0 Å². The molecule has 8 aliphatic carbocycles. The zero-order valence-electron chi connectivity index (χ0n) is 60.7. The van der Waals surface area contributed by atoms with Crippen LogP contribution in [0.5, 0.6) is 0 Å². The van der Waals surface area contributed by atoms with Crippen molar-refractivity contribution in [2.24, 2.45) is 41.2 Å². The lowest BCUT2D eigenvalue weighted by Gasteiger charge is -2.57. The van der Waals surface area contributed by atoms with Crippen molar-refractivity contribution in [3.8, 4) is 0 Å². The molecule has 14 aliphatic rings. The van der Waals surface area contributed by atoms with E-state index < -0.39 is 71.3 Å². The average Bonchev–Trinajstić information content (AvgIpc) is 1.01. The predicted octanol–water partition coefficient (Wildman–Crippen LogP) is 14.2. The van der Waals surface area contributed by atoms with Gasteiger partial charge in [0.15, 0.2) is 0 Å². The Bertz CT molecular complexity index is 3730. The number of rotatable bonds is 27. The summed E-state index contributed by atoms with van der Waals surface area (Å²) < 4.78 is 0. The summed E-state index contributed by atoms with van der Waals surface area (Å²) in [5.41, 5.74) is 8.97. The lowest BCUT2D eigenvalue weighted by atomic mass is 9.53. The number of nitrogens with zero attached hydrogens (tertiary/aromatic N) is 3. The van der Waals surface area contributed by atoms with E-state index in [1.165, 1.54) is 190 Å². The number of carbonyl (C=O) groups is 12. The van der Waals surface area contributed by atoms with E-state index in [1.807, 2.05) is 12.1 Å². The van der Waals surface area contributed by atoms with Crippen LogP contribution in [0, 0.1) is 35.5 Å². The highest BCUT2D eigenvalue weighted by molar-refractivity contribution is 9.09. The van der Waals surface area contributed by atoms with Crippen LogP contribution in [-0.4, -0.2) is 149 Å². The summed E-state index contributed by atoms with van der Waals surface area (Å²) in [5.74, 6) is 2.28. The van der Waals surface area contributed by atoms with Crippen molar-refractivity contribution in [3.63, 3.8) is 0 Å². The maximum absolute atomic E-state index is 13.0. The number of amides is 12. The summed E-state index contributed by atoms with van der Waals surface area (Å²) in [5, 5.41) is 14.0. The largest absolute Gasteiger partial charge is 0.325 e. The van der Waals surface area contributed by atoms with E-state index in [0.29, 0.717) is 38.2 Å². The quantitative estimate of drug-likeness (QED) is 0.0136. The molecular weight excluding hydrogens is 1600 g/mol. The fourth-order valence-electron chi connectivity index (χ4n) is 19.0. The number of piperidine rings is 3. The van der Waals surface area contributed by atoms with Crippen LogP contribution in [0.3, 0.4) is 0 Å². The van der Waals surface area contributed by atoms with E-state index in [-0.39, 0.29) is 67.4 Å². The molecule has 3 saturated heterocycles. The third kappa shape index (κ3) is 20.5. The van der Waals surface area contributed by atoms with Crippen LogP contribution in [-0.2, 0) is 28.8 Å². The zero-order chi connectivity index (χ0) is 75.2. The molecule has 3 aromatic carbocycles. The van der Waals surface area contributed by atoms with Crippen molar-refractivity contribution in [2.75, 3.05) is 34.0 Å². The molecule has 3 aromatic rings. The minimum absolute atomic E-state index is 0.113. The van der Waals surface area contributed by atoms with Gasteiger partial charge in [-0.2, -0.15) is 0 Å². The Labute approximate surface area is 662 Å². The number of benzene rings is 3. The molecule has 26 heteroatoms. The summed E-state index contributed by atoms with van der Waals surface area (Å²) in [6.07, 6.45) is 37.1. The molecule has 8 saturated carbocycles. The topological polar surface area (TPSA) is 289 Å². The predicted molar refractivity (Wildman–Crippen MR) is 423 cm³/mol. The summed E-state index contributed by atoms with van der Waals surface area (Å²) >= 11 is 17.8. The number of fused-ring (bicyclic) bond motifs is 3. The highest BCUT2D eigenvalue weighted by Crippen LogP contribution is 2.56. The van der Waals surface area contributed by atoms with E-state index in [0.717, 1.165) is 89.7 Å². The van der Waals surface area contributed by atoms with Gasteiger partial charge in [0, 0.05) is 61.0 Å². The molecule has 12 amide bonds. The van der Waals surface area contributed by atoms with E-state index in [9.17, 15) is 57.5 Å². The van der Waals surface area contributed by atoms with Crippen LogP contribution in [0.25, 0.3) is 0 Å². The van der Waals surface area contributed by atoms with Gasteiger partial charge in [-0.25, -0.2) is 0 Å². The highest BCUT2D eigenvalue weighted by atomic mass is 79.9. The summed E-state index contributed by atoms with van der Waals surface area (Å²) in [6, 6.07) is 12.5. The van der Waals surface area contributed by atoms with Crippen molar-refractivity contribution >= 4 is 155 Å². The number of nitrogens with one attached hydrogen (secondary N) is 4. The Hall–Kier alpha value is -5.09. The Kier molecular flexibility index (Phi) is 29.5. The SMILES string of the molecule is BrCCCCCCCBr.NC12CC3CC(CC(C3)C1)C2.O=C1CCC(N2C(=O)c3ccc(S)cc3C2=O)C(=O)N1.O=C1CCC(N2C(=O)c3ccc(SCCCCCCCBr)cc3C2=O)C(=O)N1.O=C1CCC(N2C(=O)c3ccc(SCCCCCCCNC45CC6CC(CC(C6)C4)C5)cc3C2=O)C(=O)N1. The van der Waals surface area contributed by atoms with Gasteiger partial charge in [-0.15, -0.1) is 36.2 Å². The molecule has 3 atom stereocenters. The third-order valence-electron chi connectivity index (χ3n) is 23.3. The van der Waals surface area contributed by atoms with Crippen molar-refractivity contribution in [3.05, 3.63) is 88.0 Å². The summed E-state index contributed by atoms with van der Waals surface area (Å²) in [4.78, 5) is 151. The van der Waals surface area contributed by atoms with Crippen LogP contribution >= 0.6 is 83.9 Å². The second kappa shape index (κ2) is 38.2. The molecule has 8 bridgehead atoms. The number of halogens is 3. The molecule has 3 unspecified atom stereocenters. The van der Waals surface area contributed by atoms with Gasteiger partial charge in [-0.3, -0.25) is 88.2 Å². The molecule has 0 spiro atoms. The first-order chi connectivity index (χ1) is 51.1. The number of carbonyl (C=O) groups excluding carboxylic acids is 12. The van der Waals surface area contributed by atoms with E-state index in [2.05, 4.69) is 81.7 Å². The number of imide groups is 6. The maximum atomic E-state index is 13.0. The number of hydrogen-bond donors (Lipinski definition) is 6. The van der Waals surface area contributed by atoms with Crippen molar-refractivity contribution in [2.45, 2.75) is 256 Å². The van der Waals surface area contributed by atoms with Gasteiger partial charge in [-0.1, -0.05) is 106 Å². The molecular formula is C80H103Br3N8O12S3. The van der Waals surface area contributed by atoms with Gasteiger partial charge < -0.3 is 11.1 Å². The van der Waals surface area contributed by atoms with Gasteiger partial charge in [0.1, 0.15) is 18.1 Å². The van der Waals surface area contributed by atoms with Crippen LogP contribution in [0.2, 0.25) is 0 Å². The highest BCUT2D eigenvalue weighted by Gasteiger charge is 2.52. The van der Waals surface area contributed by atoms with Gasteiger partial charge in [0.05, 0.1) is 33.4 Å². The van der Waals surface area contributed by atoms with Gasteiger partial charge >= 0.3 is 0 Å². The molecule has 574 valence electrons. The number of hydrogen-bond acceptors (Lipinski definition) is 17. The number of nitrogens with two attached hydrogens (primary N) is 1. The lowest BCUT2D eigenvalue weighted by molar-refractivity contribution is -0.137. The first-order valence-corrected chi connectivity index (χ1v) is 44.6. The monoisotopic (exact) mass is 1700 g/mol.